The first-order valence-electron chi connectivity index (χ1n) is 8.32. The predicted molar refractivity (Wildman–Crippen MR) is 95.4 cm³/mol. The van der Waals surface area contributed by atoms with E-state index in [4.69, 9.17) is 9.47 Å². The van der Waals surface area contributed by atoms with Crippen LogP contribution in [-0.2, 0) is 21.2 Å². The molecule has 140 valence electrons. The van der Waals surface area contributed by atoms with Gasteiger partial charge in [-0.15, -0.1) is 0 Å². The Morgan fingerprint density at radius 2 is 2.04 bits per heavy atom. The lowest BCUT2D eigenvalue weighted by Gasteiger charge is -2.32. The second kappa shape index (κ2) is 8.53. The van der Waals surface area contributed by atoms with Gasteiger partial charge in [0.25, 0.3) is 0 Å². The van der Waals surface area contributed by atoms with E-state index in [-0.39, 0.29) is 5.91 Å². The van der Waals surface area contributed by atoms with Crippen LogP contribution < -0.4 is 14.8 Å². The summed E-state index contributed by atoms with van der Waals surface area (Å²) in [5, 5.41) is 2.85. The third kappa shape index (κ3) is 5.09. The summed E-state index contributed by atoms with van der Waals surface area (Å²) in [6.07, 6.45) is 3.92. The summed E-state index contributed by atoms with van der Waals surface area (Å²) in [6.45, 7) is 0.803. The van der Waals surface area contributed by atoms with Crippen molar-refractivity contribution in [1.29, 1.82) is 0 Å². The number of methoxy groups -OCH3 is 2. The fraction of sp³-hybridized carbons (Fsp3) is 0.588. The maximum atomic E-state index is 12.4. The fourth-order valence-corrected chi connectivity index (χ4v) is 4.20. The highest BCUT2D eigenvalue weighted by molar-refractivity contribution is 7.88. The number of carbonyl (C=O) groups excluding carboxylic acids is 1. The van der Waals surface area contributed by atoms with Crippen LogP contribution in [0.1, 0.15) is 24.8 Å². The molecule has 1 aliphatic heterocycles. The topological polar surface area (TPSA) is 84.9 Å². The number of sulfonamides is 1. The van der Waals surface area contributed by atoms with Gasteiger partial charge in [-0.25, -0.2) is 8.42 Å². The monoisotopic (exact) mass is 370 g/mol. The van der Waals surface area contributed by atoms with Crippen molar-refractivity contribution in [1.82, 2.24) is 9.62 Å². The van der Waals surface area contributed by atoms with Crippen LogP contribution in [0.4, 0.5) is 0 Å². The summed E-state index contributed by atoms with van der Waals surface area (Å²) in [5.41, 5.74) is 0.922. The summed E-state index contributed by atoms with van der Waals surface area (Å²) in [7, 11) is -0.194. The normalized spacial score (nSPS) is 18.6. The van der Waals surface area contributed by atoms with E-state index in [1.165, 1.54) is 4.31 Å². The molecule has 1 aromatic rings. The van der Waals surface area contributed by atoms with E-state index in [9.17, 15) is 13.2 Å². The van der Waals surface area contributed by atoms with Crippen LogP contribution in [0.3, 0.4) is 0 Å². The summed E-state index contributed by atoms with van der Waals surface area (Å²) in [4.78, 5) is 12.4. The number of carbonyl (C=O) groups is 1. The molecule has 1 atom stereocenters. The zero-order valence-electron chi connectivity index (χ0n) is 14.9. The number of ether oxygens (including phenoxy) is 2. The standard InChI is InChI=1S/C17H26N2O5S/c1-23-14-7-8-16(24-2)13(12-14)9-10-18-17(20)15-6-4-5-11-19(15)25(3,21)22/h7-8,12,15H,4-6,9-11H2,1-3H3,(H,18,20). The van der Waals surface area contributed by atoms with Crippen molar-refractivity contribution < 1.29 is 22.7 Å². The zero-order valence-corrected chi connectivity index (χ0v) is 15.8. The molecule has 1 aliphatic rings. The van der Waals surface area contributed by atoms with Gasteiger partial charge < -0.3 is 14.8 Å². The van der Waals surface area contributed by atoms with Gasteiger partial charge in [0.2, 0.25) is 15.9 Å². The van der Waals surface area contributed by atoms with Gasteiger partial charge in [-0.05, 0) is 43.0 Å². The van der Waals surface area contributed by atoms with Crippen molar-refractivity contribution in [2.45, 2.75) is 31.7 Å². The van der Waals surface area contributed by atoms with Crippen molar-refractivity contribution >= 4 is 15.9 Å². The second-order valence-electron chi connectivity index (χ2n) is 6.10. The summed E-state index contributed by atoms with van der Waals surface area (Å²) >= 11 is 0. The molecule has 2 rings (SSSR count). The molecule has 8 heteroatoms. The van der Waals surface area contributed by atoms with E-state index in [1.54, 1.807) is 14.2 Å². The van der Waals surface area contributed by atoms with Gasteiger partial charge in [-0.3, -0.25) is 4.79 Å². The maximum Gasteiger partial charge on any atom is 0.238 e. The van der Waals surface area contributed by atoms with Crippen LogP contribution in [0, 0.1) is 0 Å². The molecule has 1 N–H and O–H groups in total. The van der Waals surface area contributed by atoms with Crippen LogP contribution in [-0.4, -0.2) is 58.2 Å². The number of benzene rings is 1. The number of nitrogens with one attached hydrogen (secondary N) is 1. The molecule has 1 amide bonds. The van der Waals surface area contributed by atoms with E-state index in [2.05, 4.69) is 5.32 Å². The van der Waals surface area contributed by atoms with Gasteiger partial charge in [0, 0.05) is 13.1 Å². The van der Waals surface area contributed by atoms with E-state index >= 15 is 0 Å². The Labute approximate surface area is 149 Å². The van der Waals surface area contributed by atoms with E-state index in [1.807, 2.05) is 18.2 Å². The minimum Gasteiger partial charge on any atom is -0.497 e. The van der Waals surface area contributed by atoms with E-state index in [0.717, 1.165) is 36.2 Å². The lowest BCUT2D eigenvalue weighted by Crippen LogP contribution is -2.51. The Balaban J connectivity index is 1.98. The van der Waals surface area contributed by atoms with Gasteiger partial charge in [0.15, 0.2) is 0 Å². The molecule has 7 nitrogen and oxygen atoms in total. The maximum absolute atomic E-state index is 12.4. The average molecular weight is 370 g/mol. The highest BCUT2D eigenvalue weighted by Gasteiger charge is 2.34. The Kier molecular flexibility index (Phi) is 6.66. The highest BCUT2D eigenvalue weighted by atomic mass is 32.2. The minimum absolute atomic E-state index is 0.244. The predicted octanol–water partition coefficient (Wildman–Crippen LogP) is 1.18. The van der Waals surface area contributed by atoms with Crippen molar-refractivity contribution in [3.05, 3.63) is 23.8 Å². The Bertz CT molecular complexity index is 705. The van der Waals surface area contributed by atoms with Gasteiger partial charge in [-0.1, -0.05) is 6.42 Å². The smallest absolute Gasteiger partial charge is 0.238 e. The SMILES string of the molecule is COc1ccc(OC)c(CCNC(=O)C2CCCCN2S(C)(=O)=O)c1. The number of amides is 1. The summed E-state index contributed by atoms with van der Waals surface area (Å²) in [6, 6.07) is 4.89. The molecule has 1 heterocycles. The molecule has 0 aromatic heterocycles. The second-order valence-corrected chi connectivity index (χ2v) is 8.04. The first kappa shape index (κ1) is 19.5. The van der Waals surface area contributed by atoms with Crippen LogP contribution in [0.25, 0.3) is 0 Å². The number of nitrogens with zero attached hydrogens (tertiary/aromatic N) is 1. The minimum atomic E-state index is -3.38. The average Bonchev–Trinajstić information content (AvgIpc) is 2.60. The Hall–Kier alpha value is -1.80. The van der Waals surface area contributed by atoms with Crippen molar-refractivity contribution in [2.75, 3.05) is 33.6 Å². The van der Waals surface area contributed by atoms with Gasteiger partial charge in [0.1, 0.15) is 17.5 Å². The van der Waals surface area contributed by atoms with E-state index in [0.29, 0.717) is 25.9 Å². The third-order valence-electron chi connectivity index (χ3n) is 4.36. The first-order chi connectivity index (χ1) is 11.9. The third-order valence-corrected chi connectivity index (χ3v) is 5.65. The largest absolute Gasteiger partial charge is 0.497 e. The summed E-state index contributed by atoms with van der Waals surface area (Å²) in [5.74, 6) is 1.20. The molecule has 1 saturated heterocycles. The fourth-order valence-electron chi connectivity index (χ4n) is 3.08. The molecule has 0 spiro atoms. The zero-order chi connectivity index (χ0) is 18.4. The molecular weight excluding hydrogens is 344 g/mol. The van der Waals surface area contributed by atoms with Gasteiger partial charge >= 0.3 is 0 Å². The van der Waals surface area contributed by atoms with Crippen molar-refractivity contribution in [3.8, 4) is 11.5 Å². The number of rotatable bonds is 7. The molecule has 0 radical (unpaired) electrons. The van der Waals surface area contributed by atoms with Gasteiger partial charge in [0.05, 0.1) is 20.5 Å². The quantitative estimate of drug-likeness (QED) is 0.779. The highest BCUT2D eigenvalue weighted by Crippen LogP contribution is 2.24. The number of piperidine rings is 1. The van der Waals surface area contributed by atoms with E-state index < -0.39 is 16.1 Å². The molecule has 0 saturated carbocycles. The van der Waals surface area contributed by atoms with Crippen molar-refractivity contribution in [2.24, 2.45) is 0 Å². The molecule has 25 heavy (non-hydrogen) atoms. The molecule has 1 fully saturated rings. The van der Waals surface area contributed by atoms with Gasteiger partial charge in [-0.2, -0.15) is 4.31 Å². The van der Waals surface area contributed by atoms with Crippen LogP contribution >= 0.6 is 0 Å². The number of hydrogen-bond acceptors (Lipinski definition) is 5. The summed E-state index contributed by atoms with van der Waals surface area (Å²) < 4.78 is 35.6. The Morgan fingerprint density at radius 1 is 1.28 bits per heavy atom. The number of hydrogen-bond donors (Lipinski definition) is 1. The first-order valence-corrected chi connectivity index (χ1v) is 10.2. The lowest BCUT2D eigenvalue weighted by atomic mass is 10.0. The molecule has 0 bridgehead atoms. The van der Waals surface area contributed by atoms with Crippen LogP contribution in [0.15, 0.2) is 18.2 Å². The van der Waals surface area contributed by atoms with Crippen LogP contribution in [0.5, 0.6) is 11.5 Å². The van der Waals surface area contributed by atoms with Crippen molar-refractivity contribution in [3.63, 3.8) is 0 Å². The van der Waals surface area contributed by atoms with Crippen LogP contribution in [0.2, 0.25) is 0 Å². The molecule has 1 unspecified atom stereocenters. The lowest BCUT2D eigenvalue weighted by molar-refractivity contribution is -0.125. The molecular formula is C17H26N2O5S. The molecule has 1 aromatic carbocycles. The molecule has 0 aliphatic carbocycles. The Morgan fingerprint density at radius 3 is 2.68 bits per heavy atom.